The van der Waals surface area contributed by atoms with Crippen molar-refractivity contribution in [1.82, 2.24) is 0 Å². The average Bonchev–Trinajstić information content (AvgIpc) is 3.04. The molecule has 11 heteroatoms. The molecule has 0 saturated carbocycles. The van der Waals surface area contributed by atoms with E-state index in [1.54, 1.807) is 0 Å². The number of carbonyl (C=O) groups is 2. The minimum Gasteiger partial charge on any atom is -0.462 e. The van der Waals surface area contributed by atoms with Gasteiger partial charge in [0.25, 0.3) is 0 Å². The Bertz CT molecular complexity index is 751. The van der Waals surface area contributed by atoms with E-state index in [1.807, 2.05) is 6.92 Å². The third-order valence-corrected chi connectivity index (χ3v) is 8.96. The van der Waals surface area contributed by atoms with Crippen LogP contribution < -0.4 is 0 Å². The number of phosphoric acid groups is 1. The number of unbranched alkanes of at least 4 members (excludes halogenated alkanes) is 21. The molecule has 0 aromatic rings. The highest BCUT2D eigenvalue weighted by molar-refractivity contribution is 7.47. The summed E-state index contributed by atoms with van der Waals surface area (Å²) in [4.78, 5) is 34.1. The molecule has 0 radical (unpaired) electrons. The van der Waals surface area contributed by atoms with Crippen molar-refractivity contribution in [3.05, 3.63) is 0 Å². The van der Waals surface area contributed by atoms with Gasteiger partial charge in [-0.2, -0.15) is 0 Å². The monoisotopic (exact) mass is 680 g/mol. The van der Waals surface area contributed by atoms with Gasteiger partial charge in [0.05, 0.1) is 19.8 Å². The molecular weight excluding hydrogens is 611 g/mol. The van der Waals surface area contributed by atoms with Crippen LogP contribution >= 0.6 is 7.82 Å². The molecule has 0 bridgehead atoms. The van der Waals surface area contributed by atoms with Crippen molar-refractivity contribution in [3.63, 3.8) is 0 Å². The van der Waals surface area contributed by atoms with E-state index in [9.17, 15) is 24.2 Å². The summed E-state index contributed by atoms with van der Waals surface area (Å²) < 4.78 is 32.1. The first kappa shape index (κ1) is 45.0. The summed E-state index contributed by atoms with van der Waals surface area (Å²) in [7, 11) is -4.58. The number of aliphatic hydroxyl groups is 2. The van der Waals surface area contributed by atoms with Gasteiger partial charge in [-0.3, -0.25) is 18.6 Å². The van der Waals surface area contributed by atoms with Crippen LogP contribution in [-0.2, 0) is 32.7 Å². The second-order valence-corrected chi connectivity index (χ2v) is 14.1. The number of hydrogen-bond acceptors (Lipinski definition) is 9. The highest BCUT2D eigenvalue weighted by Gasteiger charge is 2.27. The molecule has 0 amide bonds. The van der Waals surface area contributed by atoms with Gasteiger partial charge in [-0.1, -0.05) is 149 Å². The Morgan fingerprint density at radius 3 is 1.39 bits per heavy atom. The van der Waals surface area contributed by atoms with Gasteiger partial charge in [0.15, 0.2) is 6.10 Å². The molecule has 274 valence electrons. The van der Waals surface area contributed by atoms with Crippen LogP contribution in [0.1, 0.15) is 174 Å². The zero-order chi connectivity index (χ0) is 34.1. The topological polar surface area (TPSA) is 149 Å². The van der Waals surface area contributed by atoms with E-state index in [1.165, 1.54) is 109 Å². The highest BCUT2D eigenvalue weighted by atomic mass is 31.2. The first-order valence-electron chi connectivity index (χ1n) is 18.5. The zero-order valence-electron chi connectivity index (χ0n) is 29.3. The third kappa shape index (κ3) is 31.6. The van der Waals surface area contributed by atoms with Crippen LogP contribution in [-0.4, -0.2) is 65.7 Å². The smallest absolute Gasteiger partial charge is 0.462 e. The first-order valence-corrected chi connectivity index (χ1v) is 20.0. The normalized spacial score (nSPS) is 14.1. The van der Waals surface area contributed by atoms with Crippen LogP contribution in [0.4, 0.5) is 0 Å². The molecule has 46 heavy (non-hydrogen) atoms. The molecule has 0 rings (SSSR count). The number of esters is 2. The van der Waals surface area contributed by atoms with E-state index in [2.05, 4.69) is 11.4 Å². The maximum absolute atomic E-state index is 12.4. The van der Waals surface area contributed by atoms with Crippen molar-refractivity contribution < 1.29 is 47.8 Å². The Labute approximate surface area is 280 Å². The van der Waals surface area contributed by atoms with Crippen LogP contribution in [0.3, 0.4) is 0 Å². The van der Waals surface area contributed by atoms with E-state index in [0.717, 1.165) is 25.7 Å². The van der Waals surface area contributed by atoms with E-state index in [0.29, 0.717) is 12.8 Å². The van der Waals surface area contributed by atoms with Crippen molar-refractivity contribution in [2.24, 2.45) is 0 Å². The fourth-order valence-corrected chi connectivity index (χ4v) is 5.88. The molecule has 3 unspecified atom stereocenters. The van der Waals surface area contributed by atoms with Gasteiger partial charge in [-0.25, -0.2) is 4.57 Å². The van der Waals surface area contributed by atoms with Gasteiger partial charge >= 0.3 is 19.8 Å². The van der Waals surface area contributed by atoms with Crippen molar-refractivity contribution >= 4 is 19.8 Å². The minimum atomic E-state index is -4.58. The lowest BCUT2D eigenvalue weighted by atomic mass is 10.0. The number of carbonyl (C=O) groups excluding carboxylic acids is 2. The van der Waals surface area contributed by atoms with Crippen LogP contribution in [0.25, 0.3) is 0 Å². The molecule has 3 atom stereocenters. The number of ether oxygens (including phenoxy) is 2. The summed E-state index contributed by atoms with van der Waals surface area (Å²) in [5, 5.41) is 18.1. The average molecular weight is 681 g/mol. The van der Waals surface area contributed by atoms with E-state index in [-0.39, 0.29) is 19.4 Å². The lowest BCUT2D eigenvalue weighted by Gasteiger charge is -2.20. The van der Waals surface area contributed by atoms with Crippen molar-refractivity contribution in [2.45, 2.75) is 187 Å². The fraction of sp³-hybridized carbons (Fsp3) is 0.943. The Hall–Kier alpha value is -1.03. The maximum Gasteiger partial charge on any atom is 0.472 e. The summed E-state index contributed by atoms with van der Waals surface area (Å²) in [6, 6.07) is 0. The molecule has 3 N–H and O–H groups in total. The third-order valence-electron chi connectivity index (χ3n) is 8.01. The Morgan fingerprint density at radius 1 is 0.565 bits per heavy atom. The molecule has 0 aromatic carbocycles. The van der Waals surface area contributed by atoms with Gasteiger partial charge in [0.1, 0.15) is 12.7 Å². The van der Waals surface area contributed by atoms with Gasteiger partial charge in [-0.05, 0) is 12.8 Å². The predicted molar refractivity (Wildman–Crippen MR) is 182 cm³/mol. The number of hydrogen-bond donors (Lipinski definition) is 3. The van der Waals surface area contributed by atoms with Gasteiger partial charge in [-0.15, -0.1) is 0 Å². The largest absolute Gasteiger partial charge is 0.472 e. The van der Waals surface area contributed by atoms with Crippen molar-refractivity contribution in [2.75, 3.05) is 26.4 Å². The molecule has 0 aliphatic carbocycles. The minimum absolute atomic E-state index is 0.190. The summed E-state index contributed by atoms with van der Waals surface area (Å²) >= 11 is 0. The standard InChI is InChI=1S/C35H69O10P/c1-3-5-7-8-9-10-11-12-13-14-15-16-17-18-19-20-21-22-23-24-25-27-35(39)45-33(30-42-34(38)26-6-4-2)31-44-46(40,41)43-29-32(37)28-36/h32-33,36-37H,3-31H2,1-2H3,(H,40,41). The molecule has 0 heterocycles. The number of phosphoric ester groups is 1. The van der Waals surface area contributed by atoms with Crippen molar-refractivity contribution in [3.8, 4) is 0 Å². The molecule has 0 aliphatic heterocycles. The van der Waals surface area contributed by atoms with E-state index in [4.69, 9.17) is 19.1 Å². The lowest BCUT2D eigenvalue weighted by molar-refractivity contribution is -0.161. The number of aliphatic hydroxyl groups excluding tert-OH is 2. The Morgan fingerprint density at radius 2 is 0.957 bits per heavy atom. The molecule has 0 fully saturated rings. The lowest BCUT2D eigenvalue weighted by Crippen LogP contribution is -2.29. The van der Waals surface area contributed by atoms with Crippen LogP contribution in [0.5, 0.6) is 0 Å². The summed E-state index contributed by atoms with van der Waals surface area (Å²) in [5.74, 6) is -0.956. The Balaban J connectivity index is 3.93. The van der Waals surface area contributed by atoms with Crippen molar-refractivity contribution in [1.29, 1.82) is 0 Å². The summed E-state index contributed by atoms with van der Waals surface area (Å²) in [6.07, 6.45) is 26.4. The molecule has 0 spiro atoms. The predicted octanol–water partition coefficient (Wildman–Crippen LogP) is 8.72. The fourth-order valence-electron chi connectivity index (χ4n) is 5.09. The van der Waals surface area contributed by atoms with Gasteiger partial charge < -0.3 is 24.6 Å². The van der Waals surface area contributed by atoms with Crippen LogP contribution in [0.2, 0.25) is 0 Å². The molecule has 0 aliphatic rings. The molecular formula is C35H69O10P. The van der Waals surface area contributed by atoms with Gasteiger partial charge in [0, 0.05) is 12.8 Å². The second-order valence-electron chi connectivity index (χ2n) is 12.6. The van der Waals surface area contributed by atoms with Crippen LogP contribution in [0, 0.1) is 0 Å². The maximum atomic E-state index is 12.4. The van der Waals surface area contributed by atoms with E-state index >= 15 is 0 Å². The molecule has 0 aromatic heterocycles. The van der Waals surface area contributed by atoms with E-state index < -0.39 is 51.8 Å². The Kier molecular flexibility index (Phi) is 31.8. The highest BCUT2D eigenvalue weighted by Crippen LogP contribution is 2.43. The summed E-state index contributed by atoms with van der Waals surface area (Å²) in [6.45, 7) is 2.11. The SMILES string of the molecule is CCCCCCCCCCCCCCCCCCCCCCCC(=O)OC(COC(=O)CCCC)COP(=O)(O)OCC(O)CO. The second kappa shape index (κ2) is 32.5. The first-order chi connectivity index (χ1) is 22.2. The number of rotatable bonds is 35. The summed E-state index contributed by atoms with van der Waals surface area (Å²) in [5.41, 5.74) is 0. The molecule has 0 saturated heterocycles. The quantitative estimate of drug-likeness (QED) is 0.0337. The van der Waals surface area contributed by atoms with Gasteiger partial charge in [0.2, 0.25) is 0 Å². The molecule has 10 nitrogen and oxygen atoms in total. The zero-order valence-corrected chi connectivity index (χ0v) is 30.2. The van der Waals surface area contributed by atoms with Crippen LogP contribution in [0.15, 0.2) is 0 Å².